The Morgan fingerprint density at radius 1 is 0.957 bits per heavy atom. The van der Waals surface area contributed by atoms with E-state index in [4.69, 9.17) is 0 Å². The molecule has 2 aromatic heterocycles. The third-order valence-corrected chi connectivity index (χ3v) is 3.86. The molecule has 0 amide bonds. The minimum atomic E-state index is -0.0850. The van der Waals surface area contributed by atoms with Crippen molar-refractivity contribution >= 4 is 5.95 Å². The van der Waals surface area contributed by atoms with Gasteiger partial charge in [-0.05, 0) is 44.0 Å². The lowest BCUT2D eigenvalue weighted by Crippen LogP contribution is -2.16. The minimum absolute atomic E-state index is 0.0850. The van der Waals surface area contributed by atoms with Crippen molar-refractivity contribution in [2.24, 2.45) is 0 Å². The average Bonchev–Trinajstić information content (AvgIpc) is 2.56. The minimum Gasteiger partial charge on any atom is -0.342 e. The Morgan fingerprint density at radius 2 is 1.83 bits per heavy atom. The van der Waals surface area contributed by atoms with E-state index in [1.807, 2.05) is 38.2 Å². The largest absolute Gasteiger partial charge is 0.342 e. The first-order valence-corrected chi connectivity index (χ1v) is 7.68. The van der Waals surface area contributed by atoms with Crippen LogP contribution in [0.2, 0.25) is 0 Å². The van der Waals surface area contributed by atoms with E-state index in [1.54, 1.807) is 6.20 Å². The summed E-state index contributed by atoms with van der Waals surface area (Å²) in [6.45, 7) is 6.09. The van der Waals surface area contributed by atoms with Gasteiger partial charge in [-0.1, -0.05) is 35.9 Å². The van der Waals surface area contributed by atoms with Crippen LogP contribution < -0.4 is 5.32 Å². The molecule has 1 N–H and O–H groups in total. The number of aromatic nitrogens is 3. The SMILES string of the molecule is Cc1cccc(C(Nc2ncc(C)c(C)n2)c2ccccn2)c1. The van der Waals surface area contributed by atoms with Crippen LogP contribution in [0.1, 0.15) is 34.1 Å². The van der Waals surface area contributed by atoms with Crippen LogP contribution in [-0.4, -0.2) is 15.0 Å². The molecule has 3 aromatic rings. The summed E-state index contributed by atoms with van der Waals surface area (Å²) >= 11 is 0. The van der Waals surface area contributed by atoms with Gasteiger partial charge in [0.25, 0.3) is 0 Å². The number of rotatable bonds is 4. The zero-order valence-corrected chi connectivity index (χ0v) is 13.6. The zero-order chi connectivity index (χ0) is 16.2. The second-order valence-electron chi connectivity index (χ2n) is 5.71. The molecule has 2 heterocycles. The normalized spacial score (nSPS) is 12.0. The highest BCUT2D eigenvalue weighted by Gasteiger charge is 2.16. The standard InChI is InChI=1S/C19H20N4/c1-13-7-6-8-16(11-13)18(17-9-4-5-10-20-17)23-19-21-12-14(2)15(3)22-19/h4-12,18H,1-3H3,(H,21,22,23). The van der Waals surface area contributed by atoms with E-state index in [2.05, 4.69) is 51.5 Å². The number of hydrogen-bond acceptors (Lipinski definition) is 4. The van der Waals surface area contributed by atoms with E-state index in [-0.39, 0.29) is 6.04 Å². The van der Waals surface area contributed by atoms with Gasteiger partial charge in [-0.2, -0.15) is 0 Å². The van der Waals surface area contributed by atoms with Crippen molar-refractivity contribution in [1.82, 2.24) is 15.0 Å². The van der Waals surface area contributed by atoms with E-state index < -0.39 is 0 Å². The number of nitrogens with zero attached hydrogens (tertiary/aromatic N) is 3. The Morgan fingerprint density at radius 3 is 2.52 bits per heavy atom. The lowest BCUT2D eigenvalue weighted by molar-refractivity contribution is 0.859. The summed E-state index contributed by atoms with van der Waals surface area (Å²) in [5.41, 5.74) is 5.36. The molecule has 0 aliphatic heterocycles. The highest BCUT2D eigenvalue weighted by atomic mass is 15.1. The first kappa shape index (κ1) is 15.2. The topological polar surface area (TPSA) is 50.7 Å². The van der Waals surface area contributed by atoms with Gasteiger partial charge in [0.05, 0.1) is 11.7 Å². The van der Waals surface area contributed by atoms with Gasteiger partial charge in [0.2, 0.25) is 5.95 Å². The highest BCUT2D eigenvalue weighted by molar-refractivity contribution is 5.40. The van der Waals surface area contributed by atoms with Crippen molar-refractivity contribution in [2.45, 2.75) is 26.8 Å². The van der Waals surface area contributed by atoms with Gasteiger partial charge in [0.1, 0.15) is 0 Å². The Balaban J connectivity index is 2.00. The van der Waals surface area contributed by atoms with Gasteiger partial charge < -0.3 is 5.32 Å². The second-order valence-corrected chi connectivity index (χ2v) is 5.71. The van der Waals surface area contributed by atoms with Gasteiger partial charge in [0, 0.05) is 18.1 Å². The number of pyridine rings is 1. The average molecular weight is 304 g/mol. The Labute approximate surface area is 136 Å². The molecule has 4 nitrogen and oxygen atoms in total. The molecule has 0 aliphatic carbocycles. The van der Waals surface area contributed by atoms with Crippen molar-refractivity contribution in [3.8, 4) is 0 Å². The van der Waals surface area contributed by atoms with Crippen LogP contribution >= 0.6 is 0 Å². The van der Waals surface area contributed by atoms with Crippen molar-refractivity contribution in [1.29, 1.82) is 0 Å². The summed E-state index contributed by atoms with van der Waals surface area (Å²) in [5.74, 6) is 0.616. The molecule has 116 valence electrons. The molecule has 0 aliphatic rings. The summed E-state index contributed by atoms with van der Waals surface area (Å²) in [6.07, 6.45) is 3.65. The Hall–Kier alpha value is -2.75. The monoisotopic (exact) mass is 304 g/mol. The number of anilines is 1. The van der Waals surface area contributed by atoms with E-state index in [1.165, 1.54) is 5.56 Å². The fraction of sp³-hybridized carbons (Fsp3) is 0.211. The number of nitrogens with one attached hydrogen (secondary N) is 1. The summed E-state index contributed by atoms with van der Waals surface area (Å²) in [5, 5.41) is 3.42. The quantitative estimate of drug-likeness (QED) is 0.791. The molecule has 1 unspecified atom stereocenters. The van der Waals surface area contributed by atoms with E-state index >= 15 is 0 Å². The molecule has 0 radical (unpaired) electrons. The molecule has 3 rings (SSSR count). The molecule has 0 spiro atoms. The summed E-state index contributed by atoms with van der Waals surface area (Å²) in [4.78, 5) is 13.4. The highest BCUT2D eigenvalue weighted by Crippen LogP contribution is 2.24. The third kappa shape index (κ3) is 3.54. The van der Waals surface area contributed by atoms with Crippen LogP contribution in [0.5, 0.6) is 0 Å². The first-order valence-electron chi connectivity index (χ1n) is 7.68. The Kier molecular flexibility index (Phi) is 4.33. The van der Waals surface area contributed by atoms with Gasteiger partial charge in [0.15, 0.2) is 0 Å². The van der Waals surface area contributed by atoms with E-state index in [9.17, 15) is 0 Å². The number of benzene rings is 1. The van der Waals surface area contributed by atoms with Crippen LogP contribution in [0.25, 0.3) is 0 Å². The van der Waals surface area contributed by atoms with Gasteiger partial charge in [-0.3, -0.25) is 4.98 Å². The maximum absolute atomic E-state index is 4.54. The third-order valence-electron chi connectivity index (χ3n) is 3.86. The molecule has 23 heavy (non-hydrogen) atoms. The van der Waals surface area contributed by atoms with Crippen LogP contribution in [0, 0.1) is 20.8 Å². The fourth-order valence-electron chi connectivity index (χ4n) is 2.45. The molecule has 0 saturated heterocycles. The van der Waals surface area contributed by atoms with E-state index in [0.29, 0.717) is 5.95 Å². The maximum Gasteiger partial charge on any atom is 0.223 e. The fourth-order valence-corrected chi connectivity index (χ4v) is 2.45. The molecule has 0 bridgehead atoms. The molecule has 0 saturated carbocycles. The van der Waals surface area contributed by atoms with E-state index in [0.717, 1.165) is 22.5 Å². The molecular formula is C19H20N4. The zero-order valence-electron chi connectivity index (χ0n) is 13.6. The number of aryl methyl sites for hydroxylation is 3. The predicted molar refractivity (Wildman–Crippen MR) is 92.4 cm³/mol. The maximum atomic E-state index is 4.54. The first-order chi connectivity index (χ1) is 11.1. The number of hydrogen-bond donors (Lipinski definition) is 1. The molecule has 4 heteroatoms. The van der Waals surface area contributed by atoms with Crippen LogP contribution in [0.3, 0.4) is 0 Å². The van der Waals surface area contributed by atoms with Gasteiger partial charge >= 0.3 is 0 Å². The lowest BCUT2D eigenvalue weighted by Gasteiger charge is -2.19. The van der Waals surface area contributed by atoms with Crippen molar-refractivity contribution in [2.75, 3.05) is 5.32 Å². The Bertz CT molecular complexity index is 799. The molecule has 1 atom stereocenters. The van der Waals surface area contributed by atoms with Gasteiger partial charge in [-0.15, -0.1) is 0 Å². The second kappa shape index (κ2) is 6.57. The van der Waals surface area contributed by atoms with Crippen LogP contribution in [-0.2, 0) is 0 Å². The lowest BCUT2D eigenvalue weighted by atomic mass is 10.0. The van der Waals surface area contributed by atoms with Crippen molar-refractivity contribution in [3.63, 3.8) is 0 Å². The molecular weight excluding hydrogens is 284 g/mol. The van der Waals surface area contributed by atoms with Crippen molar-refractivity contribution in [3.05, 3.63) is 82.9 Å². The predicted octanol–water partition coefficient (Wildman–Crippen LogP) is 4.00. The van der Waals surface area contributed by atoms with Crippen LogP contribution in [0.15, 0.2) is 54.9 Å². The molecule has 1 aromatic carbocycles. The molecule has 0 fully saturated rings. The van der Waals surface area contributed by atoms with Crippen LogP contribution in [0.4, 0.5) is 5.95 Å². The smallest absolute Gasteiger partial charge is 0.223 e. The summed E-state index contributed by atoms with van der Waals surface area (Å²) in [7, 11) is 0. The van der Waals surface area contributed by atoms with Crippen molar-refractivity contribution < 1.29 is 0 Å². The summed E-state index contributed by atoms with van der Waals surface area (Å²) in [6, 6.07) is 14.2. The summed E-state index contributed by atoms with van der Waals surface area (Å²) < 4.78 is 0. The van der Waals surface area contributed by atoms with Gasteiger partial charge in [-0.25, -0.2) is 9.97 Å².